The number of rotatable bonds is 4. The second-order valence-electron chi connectivity index (χ2n) is 5.91. The van der Waals surface area contributed by atoms with Crippen molar-refractivity contribution in [1.29, 1.82) is 0 Å². The fourth-order valence-electron chi connectivity index (χ4n) is 2.97. The molecule has 5 heteroatoms. The first-order chi connectivity index (χ1) is 11.2. The standard InChI is InChI=1S/C19H21ClN2O.ClH/c20-17-8-6-15(7-9-17)14-22(18-4-2-1-3-5-18)19(23)16-10-12-21-13-11-16;/h1-9,16,21H,10-14H2;1H. The van der Waals surface area contributed by atoms with Crippen molar-refractivity contribution in [2.75, 3.05) is 18.0 Å². The summed E-state index contributed by atoms with van der Waals surface area (Å²) in [5.74, 6) is 0.316. The van der Waals surface area contributed by atoms with Crippen LogP contribution in [0, 0.1) is 5.92 Å². The van der Waals surface area contributed by atoms with Crippen molar-refractivity contribution in [3.05, 3.63) is 65.2 Å². The summed E-state index contributed by atoms with van der Waals surface area (Å²) in [4.78, 5) is 14.9. The van der Waals surface area contributed by atoms with Crippen LogP contribution in [-0.2, 0) is 11.3 Å². The fourth-order valence-corrected chi connectivity index (χ4v) is 3.09. The van der Waals surface area contributed by atoms with Crippen molar-refractivity contribution in [2.45, 2.75) is 19.4 Å². The van der Waals surface area contributed by atoms with Gasteiger partial charge in [0.2, 0.25) is 5.91 Å². The third-order valence-corrected chi connectivity index (χ3v) is 4.53. The number of piperidine rings is 1. The Morgan fingerprint density at radius 1 is 1.04 bits per heavy atom. The van der Waals surface area contributed by atoms with E-state index in [1.54, 1.807) is 0 Å². The van der Waals surface area contributed by atoms with E-state index >= 15 is 0 Å². The van der Waals surface area contributed by atoms with Gasteiger partial charge in [0, 0.05) is 16.6 Å². The van der Waals surface area contributed by atoms with Crippen LogP contribution in [0.15, 0.2) is 54.6 Å². The average Bonchev–Trinajstić information content (AvgIpc) is 2.62. The molecule has 0 radical (unpaired) electrons. The molecular formula is C19H22Cl2N2O. The minimum atomic E-state index is 0. The molecule has 0 unspecified atom stereocenters. The first-order valence-electron chi connectivity index (χ1n) is 8.05. The Morgan fingerprint density at radius 2 is 1.67 bits per heavy atom. The van der Waals surface area contributed by atoms with E-state index in [9.17, 15) is 4.79 Å². The lowest BCUT2D eigenvalue weighted by Gasteiger charge is -2.30. The Morgan fingerprint density at radius 3 is 2.29 bits per heavy atom. The van der Waals surface area contributed by atoms with Crippen molar-refractivity contribution >= 4 is 35.6 Å². The molecule has 1 aliphatic heterocycles. The molecule has 1 N–H and O–H groups in total. The molecule has 0 bridgehead atoms. The van der Waals surface area contributed by atoms with E-state index in [-0.39, 0.29) is 24.2 Å². The number of hydrogen-bond acceptors (Lipinski definition) is 2. The maximum absolute atomic E-state index is 13.0. The largest absolute Gasteiger partial charge is 0.317 e. The van der Waals surface area contributed by atoms with E-state index in [4.69, 9.17) is 11.6 Å². The van der Waals surface area contributed by atoms with Gasteiger partial charge in [0.25, 0.3) is 0 Å². The third-order valence-electron chi connectivity index (χ3n) is 4.28. The van der Waals surface area contributed by atoms with Gasteiger partial charge in [-0.1, -0.05) is 41.9 Å². The molecule has 2 aromatic rings. The van der Waals surface area contributed by atoms with Crippen molar-refractivity contribution in [1.82, 2.24) is 5.32 Å². The van der Waals surface area contributed by atoms with Crippen molar-refractivity contribution < 1.29 is 4.79 Å². The van der Waals surface area contributed by atoms with Crippen molar-refractivity contribution in [2.24, 2.45) is 5.92 Å². The molecule has 0 atom stereocenters. The van der Waals surface area contributed by atoms with Crippen LogP contribution in [-0.4, -0.2) is 19.0 Å². The highest BCUT2D eigenvalue weighted by atomic mass is 35.5. The van der Waals surface area contributed by atoms with Gasteiger partial charge in [-0.05, 0) is 55.8 Å². The smallest absolute Gasteiger partial charge is 0.230 e. The lowest BCUT2D eigenvalue weighted by molar-refractivity contribution is -0.123. The summed E-state index contributed by atoms with van der Waals surface area (Å²) >= 11 is 5.96. The van der Waals surface area contributed by atoms with Crippen LogP contribution in [0.4, 0.5) is 5.69 Å². The quantitative estimate of drug-likeness (QED) is 0.877. The summed E-state index contributed by atoms with van der Waals surface area (Å²) < 4.78 is 0. The number of carbonyl (C=O) groups is 1. The van der Waals surface area contributed by atoms with Gasteiger partial charge in [-0.3, -0.25) is 4.79 Å². The number of anilines is 1. The van der Waals surface area contributed by atoms with Crippen LogP contribution in [0.5, 0.6) is 0 Å². The average molecular weight is 365 g/mol. The first kappa shape index (κ1) is 18.8. The molecule has 1 saturated heterocycles. The van der Waals surface area contributed by atoms with Gasteiger partial charge in [-0.2, -0.15) is 0 Å². The zero-order valence-electron chi connectivity index (χ0n) is 13.5. The first-order valence-corrected chi connectivity index (χ1v) is 8.43. The molecule has 2 aromatic carbocycles. The summed E-state index contributed by atoms with van der Waals surface area (Å²) in [6.07, 6.45) is 1.81. The second-order valence-corrected chi connectivity index (χ2v) is 6.35. The topological polar surface area (TPSA) is 32.3 Å². The summed E-state index contributed by atoms with van der Waals surface area (Å²) in [5.41, 5.74) is 2.03. The number of nitrogens with one attached hydrogen (secondary N) is 1. The van der Waals surface area contributed by atoms with E-state index < -0.39 is 0 Å². The Kier molecular flexibility index (Phi) is 7.10. The molecule has 0 saturated carbocycles. The predicted molar refractivity (Wildman–Crippen MR) is 102 cm³/mol. The van der Waals surface area contributed by atoms with Gasteiger partial charge >= 0.3 is 0 Å². The molecule has 3 nitrogen and oxygen atoms in total. The molecule has 0 spiro atoms. The number of benzene rings is 2. The number of amides is 1. The summed E-state index contributed by atoms with van der Waals surface area (Å²) in [6.45, 7) is 2.41. The van der Waals surface area contributed by atoms with Gasteiger partial charge in [0.1, 0.15) is 0 Å². The molecule has 1 amide bonds. The van der Waals surface area contributed by atoms with E-state index in [0.717, 1.165) is 37.2 Å². The van der Waals surface area contributed by atoms with Gasteiger partial charge in [0.15, 0.2) is 0 Å². The van der Waals surface area contributed by atoms with Crippen LogP contribution < -0.4 is 10.2 Å². The highest BCUT2D eigenvalue weighted by Gasteiger charge is 2.26. The van der Waals surface area contributed by atoms with Crippen LogP contribution in [0.3, 0.4) is 0 Å². The maximum atomic E-state index is 13.0. The van der Waals surface area contributed by atoms with Gasteiger partial charge in [0.05, 0.1) is 6.54 Å². The van der Waals surface area contributed by atoms with Crippen LogP contribution in [0.1, 0.15) is 18.4 Å². The highest BCUT2D eigenvalue weighted by Crippen LogP contribution is 2.23. The lowest BCUT2D eigenvalue weighted by atomic mass is 9.96. The normalized spacial score (nSPS) is 14.7. The zero-order chi connectivity index (χ0) is 16.1. The molecule has 3 rings (SSSR count). The second kappa shape index (κ2) is 9.07. The SMILES string of the molecule is Cl.O=C(C1CCNCC1)N(Cc1ccc(Cl)cc1)c1ccccc1. The monoisotopic (exact) mass is 364 g/mol. The third kappa shape index (κ3) is 4.73. The van der Waals surface area contributed by atoms with E-state index in [1.807, 2.05) is 59.5 Å². The molecule has 128 valence electrons. The lowest BCUT2D eigenvalue weighted by Crippen LogP contribution is -2.40. The molecule has 1 heterocycles. The van der Waals surface area contributed by atoms with Crippen molar-refractivity contribution in [3.8, 4) is 0 Å². The Balaban J connectivity index is 0.00000208. The number of nitrogens with zero attached hydrogens (tertiary/aromatic N) is 1. The molecule has 24 heavy (non-hydrogen) atoms. The van der Waals surface area contributed by atoms with Gasteiger partial charge in [-0.25, -0.2) is 0 Å². The van der Waals surface area contributed by atoms with Crippen LogP contribution >= 0.6 is 24.0 Å². The summed E-state index contributed by atoms with van der Waals surface area (Å²) in [5, 5.41) is 4.03. The number of para-hydroxylation sites is 1. The maximum Gasteiger partial charge on any atom is 0.230 e. The minimum absolute atomic E-state index is 0. The van der Waals surface area contributed by atoms with Crippen molar-refractivity contribution in [3.63, 3.8) is 0 Å². The molecule has 1 aliphatic rings. The van der Waals surface area contributed by atoms with Gasteiger partial charge in [-0.15, -0.1) is 12.4 Å². The molecule has 1 fully saturated rings. The highest BCUT2D eigenvalue weighted by molar-refractivity contribution is 6.30. The molecule has 0 aromatic heterocycles. The summed E-state index contributed by atoms with van der Waals surface area (Å²) in [7, 11) is 0. The number of carbonyl (C=O) groups excluding carboxylic acids is 1. The summed E-state index contributed by atoms with van der Waals surface area (Å²) in [6, 6.07) is 17.6. The predicted octanol–water partition coefficient (Wildman–Crippen LogP) is 4.29. The Bertz CT molecular complexity index is 640. The van der Waals surface area contributed by atoms with E-state index in [0.29, 0.717) is 11.6 Å². The molecule has 0 aliphatic carbocycles. The number of hydrogen-bond donors (Lipinski definition) is 1. The van der Waals surface area contributed by atoms with E-state index in [1.165, 1.54) is 0 Å². The van der Waals surface area contributed by atoms with Crippen LogP contribution in [0.25, 0.3) is 0 Å². The molecular weight excluding hydrogens is 343 g/mol. The van der Waals surface area contributed by atoms with Gasteiger partial charge < -0.3 is 10.2 Å². The van der Waals surface area contributed by atoms with Crippen LogP contribution in [0.2, 0.25) is 5.02 Å². The minimum Gasteiger partial charge on any atom is -0.317 e. The Hall–Kier alpha value is -1.55. The Labute approximate surface area is 154 Å². The fraction of sp³-hybridized carbons (Fsp3) is 0.316. The number of halogens is 2. The zero-order valence-corrected chi connectivity index (χ0v) is 15.0. The van der Waals surface area contributed by atoms with E-state index in [2.05, 4.69) is 5.32 Å².